The van der Waals surface area contributed by atoms with Crippen LogP contribution in [0.2, 0.25) is 0 Å². The van der Waals surface area contributed by atoms with Crippen molar-refractivity contribution in [1.29, 1.82) is 0 Å². The highest BCUT2D eigenvalue weighted by Gasteiger charge is 2.18. The molecule has 0 saturated heterocycles. The molecule has 2 aromatic rings. The number of ether oxygens (including phenoxy) is 2. The number of fused-ring (bicyclic) bond motifs is 1. The molecule has 1 heterocycles. The fraction of sp³-hybridized carbons (Fsp3) is 0.381. The monoisotopic (exact) mass is 432 g/mol. The first-order chi connectivity index (χ1) is 13.1. The lowest BCUT2D eigenvalue weighted by molar-refractivity contribution is -0.117. The zero-order valence-corrected chi connectivity index (χ0v) is 17.3. The number of nitrogens with one attached hydrogen (secondary N) is 1. The number of hydrogen-bond acceptors (Lipinski definition) is 4. The van der Waals surface area contributed by atoms with Crippen LogP contribution in [-0.2, 0) is 11.3 Å². The smallest absolute Gasteiger partial charge is 0.238 e. The van der Waals surface area contributed by atoms with E-state index >= 15 is 0 Å². The van der Waals surface area contributed by atoms with Crippen LogP contribution in [0.1, 0.15) is 24.5 Å². The summed E-state index contributed by atoms with van der Waals surface area (Å²) in [6.07, 6.45) is 0.972. The molecule has 1 N–H and O–H groups in total. The summed E-state index contributed by atoms with van der Waals surface area (Å²) >= 11 is 3.62. The van der Waals surface area contributed by atoms with Crippen LogP contribution < -0.4 is 14.8 Å². The number of hydrogen-bond donors (Lipinski definition) is 1. The largest absolute Gasteiger partial charge is 0.486 e. The SMILES string of the molecule is CCCN(CC(=O)Nc1ccccc1C)Cc1cc2c(cc1Br)OCCO2. The molecule has 2 aromatic carbocycles. The first-order valence-electron chi connectivity index (χ1n) is 9.22. The zero-order valence-electron chi connectivity index (χ0n) is 15.8. The van der Waals surface area contributed by atoms with E-state index in [-0.39, 0.29) is 5.91 Å². The van der Waals surface area contributed by atoms with Gasteiger partial charge in [0.25, 0.3) is 0 Å². The molecule has 0 bridgehead atoms. The summed E-state index contributed by atoms with van der Waals surface area (Å²) in [6.45, 7) is 7.07. The number of halogens is 1. The maximum Gasteiger partial charge on any atom is 0.238 e. The number of aryl methyl sites for hydroxylation is 1. The molecule has 1 aliphatic heterocycles. The van der Waals surface area contributed by atoms with Crippen molar-refractivity contribution in [3.05, 3.63) is 52.0 Å². The van der Waals surface area contributed by atoms with Crippen molar-refractivity contribution in [1.82, 2.24) is 4.90 Å². The topological polar surface area (TPSA) is 50.8 Å². The second kappa shape index (κ2) is 9.24. The third kappa shape index (κ3) is 5.23. The van der Waals surface area contributed by atoms with Crippen LogP contribution in [0.3, 0.4) is 0 Å². The van der Waals surface area contributed by atoms with Crippen molar-refractivity contribution in [3.63, 3.8) is 0 Å². The number of amides is 1. The minimum atomic E-state index is -0.00795. The van der Waals surface area contributed by atoms with E-state index in [1.807, 2.05) is 43.3 Å². The van der Waals surface area contributed by atoms with E-state index in [4.69, 9.17) is 9.47 Å². The Morgan fingerprint density at radius 1 is 1.19 bits per heavy atom. The normalized spacial score (nSPS) is 12.9. The molecular weight excluding hydrogens is 408 g/mol. The van der Waals surface area contributed by atoms with Gasteiger partial charge in [-0.15, -0.1) is 0 Å². The van der Waals surface area contributed by atoms with E-state index in [1.54, 1.807) is 0 Å². The van der Waals surface area contributed by atoms with Crippen LogP contribution in [0.4, 0.5) is 5.69 Å². The lowest BCUT2D eigenvalue weighted by atomic mass is 10.1. The highest BCUT2D eigenvalue weighted by atomic mass is 79.9. The van der Waals surface area contributed by atoms with Crippen molar-refractivity contribution in [2.45, 2.75) is 26.8 Å². The average Bonchev–Trinajstić information content (AvgIpc) is 2.64. The van der Waals surface area contributed by atoms with E-state index in [1.165, 1.54) is 0 Å². The van der Waals surface area contributed by atoms with Crippen LogP contribution in [0.25, 0.3) is 0 Å². The van der Waals surface area contributed by atoms with Gasteiger partial charge in [-0.25, -0.2) is 0 Å². The highest BCUT2D eigenvalue weighted by molar-refractivity contribution is 9.10. The summed E-state index contributed by atoms with van der Waals surface area (Å²) in [5.74, 6) is 1.52. The number of nitrogens with zero attached hydrogens (tertiary/aromatic N) is 1. The number of benzene rings is 2. The fourth-order valence-corrected chi connectivity index (χ4v) is 3.55. The standard InChI is InChI=1S/C21H25BrN2O3/c1-3-8-24(14-21(25)23-18-7-5-4-6-15(18)2)13-16-11-19-20(12-17(16)22)27-10-9-26-19/h4-7,11-12H,3,8-10,13-14H2,1-2H3,(H,23,25). The molecule has 0 fully saturated rings. The Hall–Kier alpha value is -2.05. The Labute approximate surface area is 168 Å². The molecule has 5 nitrogen and oxygen atoms in total. The average molecular weight is 433 g/mol. The summed E-state index contributed by atoms with van der Waals surface area (Å²) in [7, 11) is 0. The van der Waals surface area contributed by atoms with Crippen LogP contribution in [0.15, 0.2) is 40.9 Å². The van der Waals surface area contributed by atoms with Crippen molar-refractivity contribution < 1.29 is 14.3 Å². The van der Waals surface area contributed by atoms with E-state index in [9.17, 15) is 4.79 Å². The fourth-order valence-electron chi connectivity index (χ4n) is 3.10. The molecule has 0 saturated carbocycles. The maximum atomic E-state index is 12.5. The third-order valence-electron chi connectivity index (χ3n) is 4.43. The predicted octanol–water partition coefficient (Wildman–Crippen LogP) is 4.38. The molecule has 144 valence electrons. The van der Waals surface area contributed by atoms with Crippen LogP contribution in [-0.4, -0.2) is 37.1 Å². The van der Waals surface area contributed by atoms with Gasteiger partial charge in [0.1, 0.15) is 13.2 Å². The Morgan fingerprint density at radius 2 is 1.89 bits per heavy atom. The van der Waals surface area contributed by atoms with E-state index in [2.05, 4.69) is 33.1 Å². The van der Waals surface area contributed by atoms with Gasteiger partial charge in [0.2, 0.25) is 5.91 Å². The number of anilines is 1. The summed E-state index contributed by atoms with van der Waals surface area (Å²) in [5.41, 5.74) is 3.00. The first-order valence-corrected chi connectivity index (χ1v) is 10.0. The molecule has 0 aromatic heterocycles. The predicted molar refractivity (Wildman–Crippen MR) is 111 cm³/mol. The van der Waals surface area contributed by atoms with Crippen molar-refractivity contribution in [3.8, 4) is 11.5 Å². The Kier molecular flexibility index (Phi) is 6.74. The van der Waals surface area contributed by atoms with Gasteiger partial charge in [-0.3, -0.25) is 9.69 Å². The van der Waals surface area contributed by atoms with E-state index in [0.717, 1.165) is 45.8 Å². The Bertz CT molecular complexity index is 810. The molecule has 0 unspecified atom stereocenters. The van der Waals surface area contributed by atoms with E-state index < -0.39 is 0 Å². The number of para-hydroxylation sites is 1. The summed E-state index contributed by atoms with van der Waals surface area (Å²) in [4.78, 5) is 14.7. The van der Waals surface area contributed by atoms with Gasteiger partial charge in [0, 0.05) is 16.7 Å². The third-order valence-corrected chi connectivity index (χ3v) is 5.17. The molecule has 0 radical (unpaired) electrons. The molecule has 1 amide bonds. The van der Waals surface area contributed by atoms with Gasteiger partial charge in [-0.2, -0.15) is 0 Å². The van der Waals surface area contributed by atoms with Gasteiger partial charge >= 0.3 is 0 Å². The number of carbonyl (C=O) groups excluding carboxylic acids is 1. The van der Waals surface area contributed by atoms with Gasteiger partial charge in [0.05, 0.1) is 6.54 Å². The van der Waals surface area contributed by atoms with Gasteiger partial charge in [-0.05, 0) is 49.2 Å². The lowest BCUT2D eigenvalue weighted by Gasteiger charge is -2.24. The van der Waals surface area contributed by atoms with Gasteiger partial charge < -0.3 is 14.8 Å². The zero-order chi connectivity index (χ0) is 19.2. The lowest BCUT2D eigenvalue weighted by Crippen LogP contribution is -2.33. The summed E-state index contributed by atoms with van der Waals surface area (Å²) in [5, 5.41) is 3.01. The van der Waals surface area contributed by atoms with Crippen molar-refractivity contribution >= 4 is 27.5 Å². The van der Waals surface area contributed by atoms with E-state index in [0.29, 0.717) is 26.3 Å². The molecule has 1 aliphatic rings. The van der Waals surface area contributed by atoms with Gasteiger partial charge in [0.15, 0.2) is 11.5 Å². The molecule has 0 atom stereocenters. The molecule has 27 heavy (non-hydrogen) atoms. The Morgan fingerprint density at radius 3 is 2.59 bits per heavy atom. The molecular formula is C21H25BrN2O3. The van der Waals surface area contributed by atoms with Gasteiger partial charge in [-0.1, -0.05) is 41.1 Å². The van der Waals surface area contributed by atoms with Crippen LogP contribution in [0, 0.1) is 6.92 Å². The van der Waals surface area contributed by atoms with Crippen molar-refractivity contribution in [2.75, 3.05) is 31.6 Å². The minimum absolute atomic E-state index is 0.00795. The summed E-state index contributed by atoms with van der Waals surface area (Å²) < 4.78 is 12.3. The van der Waals surface area contributed by atoms with Crippen molar-refractivity contribution in [2.24, 2.45) is 0 Å². The number of carbonyl (C=O) groups is 1. The quantitative estimate of drug-likeness (QED) is 0.704. The molecule has 3 rings (SSSR count). The first kappa shape index (κ1) is 19.7. The second-order valence-electron chi connectivity index (χ2n) is 6.66. The van der Waals surface area contributed by atoms with Crippen LogP contribution >= 0.6 is 15.9 Å². The van der Waals surface area contributed by atoms with Crippen LogP contribution in [0.5, 0.6) is 11.5 Å². The Balaban J connectivity index is 1.68. The number of rotatable bonds is 7. The highest BCUT2D eigenvalue weighted by Crippen LogP contribution is 2.36. The molecule has 0 spiro atoms. The molecule has 0 aliphatic carbocycles. The summed E-state index contributed by atoms with van der Waals surface area (Å²) in [6, 6.07) is 11.8. The second-order valence-corrected chi connectivity index (χ2v) is 7.52. The molecule has 6 heteroatoms. The minimum Gasteiger partial charge on any atom is -0.486 e. The maximum absolute atomic E-state index is 12.5.